The van der Waals surface area contributed by atoms with Crippen molar-refractivity contribution >= 4 is 11.6 Å². The smallest absolute Gasteiger partial charge is 0.269 e. The summed E-state index contributed by atoms with van der Waals surface area (Å²) in [6, 6.07) is 3.58. The fourth-order valence-corrected chi connectivity index (χ4v) is 1.67. The van der Waals surface area contributed by atoms with Gasteiger partial charge < -0.3 is 10.6 Å². The zero-order valence-corrected chi connectivity index (χ0v) is 9.66. The van der Waals surface area contributed by atoms with Crippen LogP contribution in [0.3, 0.4) is 0 Å². The van der Waals surface area contributed by atoms with Crippen molar-refractivity contribution in [2.24, 2.45) is 11.8 Å². The highest BCUT2D eigenvalue weighted by atomic mass is 16.1. The third kappa shape index (κ3) is 2.51. The summed E-state index contributed by atoms with van der Waals surface area (Å²) in [4.78, 5) is 15.8. The first-order chi connectivity index (χ1) is 7.70. The molecule has 1 fully saturated rings. The fraction of sp³-hybridized carbons (Fsp3) is 0.500. The van der Waals surface area contributed by atoms with Crippen LogP contribution in [0.2, 0.25) is 0 Å². The molecule has 16 heavy (non-hydrogen) atoms. The Morgan fingerprint density at radius 2 is 2.31 bits per heavy atom. The van der Waals surface area contributed by atoms with Crippen LogP contribution in [0.15, 0.2) is 18.3 Å². The van der Waals surface area contributed by atoms with Crippen LogP contribution in [0.25, 0.3) is 0 Å². The molecule has 0 aliphatic heterocycles. The van der Waals surface area contributed by atoms with Crippen molar-refractivity contribution in [3.05, 3.63) is 24.0 Å². The second-order valence-corrected chi connectivity index (χ2v) is 4.37. The first kappa shape index (κ1) is 10.9. The van der Waals surface area contributed by atoms with Gasteiger partial charge in [0, 0.05) is 13.6 Å². The summed E-state index contributed by atoms with van der Waals surface area (Å²) in [6.45, 7) is 2.98. The van der Waals surface area contributed by atoms with E-state index in [4.69, 9.17) is 0 Å². The summed E-state index contributed by atoms with van der Waals surface area (Å²) in [5.41, 5.74) is 1.39. The lowest BCUT2D eigenvalue weighted by Gasteiger charge is -2.04. The molecule has 2 N–H and O–H groups in total. The van der Waals surface area contributed by atoms with Crippen LogP contribution in [-0.4, -0.2) is 24.5 Å². The summed E-state index contributed by atoms with van der Waals surface area (Å²) < 4.78 is 0. The van der Waals surface area contributed by atoms with Gasteiger partial charge >= 0.3 is 0 Å². The first-order valence-electron chi connectivity index (χ1n) is 5.62. The predicted octanol–water partition coefficient (Wildman–Crippen LogP) is 1.51. The summed E-state index contributed by atoms with van der Waals surface area (Å²) in [6.07, 6.45) is 2.89. The molecule has 4 nitrogen and oxygen atoms in total. The number of rotatable bonds is 4. The highest BCUT2D eigenvalue weighted by Gasteiger charge is 2.32. The molecule has 1 aliphatic carbocycles. The van der Waals surface area contributed by atoms with Gasteiger partial charge in [-0.05, 0) is 30.4 Å². The van der Waals surface area contributed by atoms with Crippen LogP contribution in [-0.2, 0) is 0 Å². The van der Waals surface area contributed by atoms with Gasteiger partial charge in [-0.25, -0.2) is 4.98 Å². The highest BCUT2D eigenvalue weighted by Crippen LogP contribution is 2.36. The summed E-state index contributed by atoms with van der Waals surface area (Å²) in [5, 5.41) is 5.87. The predicted molar refractivity (Wildman–Crippen MR) is 63.4 cm³/mol. The van der Waals surface area contributed by atoms with Crippen LogP contribution in [0, 0.1) is 11.8 Å². The number of pyridine rings is 1. The van der Waals surface area contributed by atoms with Crippen molar-refractivity contribution in [2.45, 2.75) is 13.3 Å². The molecule has 0 spiro atoms. The van der Waals surface area contributed by atoms with Gasteiger partial charge in [0.1, 0.15) is 5.69 Å². The SMILES string of the molecule is CNc1ccc(C(=O)NCC2CC2C)nc1. The molecule has 0 saturated heterocycles. The number of nitrogens with zero attached hydrogens (tertiary/aromatic N) is 1. The molecule has 1 heterocycles. The minimum atomic E-state index is -0.0817. The molecule has 0 aromatic carbocycles. The van der Waals surface area contributed by atoms with Crippen LogP contribution in [0.1, 0.15) is 23.8 Å². The number of carbonyl (C=O) groups excluding carboxylic acids is 1. The Morgan fingerprint density at radius 3 is 2.81 bits per heavy atom. The van der Waals surface area contributed by atoms with Gasteiger partial charge in [-0.1, -0.05) is 6.92 Å². The lowest BCUT2D eigenvalue weighted by Crippen LogP contribution is -2.26. The average Bonchev–Trinajstić information content (AvgIpc) is 3.02. The van der Waals surface area contributed by atoms with Crippen molar-refractivity contribution < 1.29 is 4.79 Å². The topological polar surface area (TPSA) is 54.0 Å². The van der Waals surface area contributed by atoms with E-state index in [2.05, 4.69) is 22.5 Å². The lowest BCUT2D eigenvalue weighted by molar-refractivity contribution is 0.0946. The van der Waals surface area contributed by atoms with Gasteiger partial charge in [-0.3, -0.25) is 4.79 Å². The molecule has 1 saturated carbocycles. The zero-order valence-electron chi connectivity index (χ0n) is 9.66. The van der Waals surface area contributed by atoms with Crippen molar-refractivity contribution in [1.29, 1.82) is 0 Å². The molecule has 1 aromatic heterocycles. The van der Waals surface area contributed by atoms with Crippen molar-refractivity contribution in [3.8, 4) is 0 Å². The van der Waals surface area contributed by atoms with Crippen molar-refractivity contribution in [1.82, 2.24) is 10.3 Å². The Bertz CT molecular complexity index is 374. The largest absolute Gasteiger partial charge is 0.387 e. The quantitative estimate of drug-likeness (QED) is 0.807. The maximum atomic E-state index is 11.7. The van der Waals surface area contributed by atoms with Crippen molar-refractivity contribution in [2.75, 3.05) is 18.9 Å². The Kier molecular flexibility index (Phi) is 3.08. The molecule has 0 radical (unpaired) electrons. The summed E-state index contributed by atoms with van der Waals surface area (Å²) in [7, 11) is 1.82. The molecule has 86 valence electrons. The van der Waals surface area contributed by atoms with E-state index in [1.54, 1.807) is 12.3 Å². The number of hydrogen-bond donors (Lipinski definition) is 2. The minimum Gasteiger partial charge on any atom is -0.387 e. The Labute approximate surface area is 95.5 Å². The van der Waals surface area contributed by atoms with E-state index in [1.807, 2.05) is 13.1 Å². The van der Waals surface area contributed by atoms with Gasteiger partial charge in [0.15, 0.2) is 0 Å². The number of aromatic nitrogens is 1. The second kappa shape index (κ2) is 4.51. The number of nitrogens with one attached hydrogen (secondary N) is 2. The standard InChI is InChI=1S/C12H17N3O/c1-8-5-9(8)6-15-12(16)11-4-3-10(13-2)7-14-11/h3-4,7-9,13H,5-6H2,1-2H3,(H,15,16). The number of carbonyl (C=O) groups is 1. The first-order valence-corrected chi connectivity index (χ1v) is 5.62. The normalized spacial score (nSPS) is 22.6. The highest BCUT2D eigenvalue weighted by molar-refractivity contribution is 5.92. The second-order valence-electron chi connectivity index (χ2n) is 4.37. The van der Waals surface area contributed by atoms with Crippen LogP contribution in [0.5, 0.6) is 0 Å². The third-order valence-electron chi connectivity index (χ3n) is 3.09. The zero-order chi connectivity index (χ0) is 11.5. The van der Waals surface area contributed by atoms with Gasteiger partial charge in [0.05, 0.1) is 11.9 Å². The fourth-order valence-electron chi connectivity index (χ4n) is 1.67. The van der Waals surface area contributed by atoms with E-state index in [9.17, 15) is 4.79 Å². The van der Waals surface area contributed by atoms with E-state index in [-0.39, 0.29) is 5.91 Å². The summed E-state index contributed by atoms with van der Waals surface area (Å²) in [5.74, 6) is 1.35. The third-order valence-corrected chi connectivity index (χ3v) is 3.09. The van der Waals surface area contributed by atoms with Crippen LogP contribution < -0.4 is 10.6 Å². The molecular formula is C12H17N3O. The molecule has 2 unspecified atom stereocenters. The Hall–Kier alpha value is -1.58. The average molecular weight is 219 g/mol. The van der Waals surface area contributed by atoms with Crippen molar-refractivity contribution in [3.63, 3.8) is 0 Å². The maximum absolute atomic E-state index is 11.7. The van der Waals surface area contributed by atoms with E-state index >= 15 is 0 Å². The van der Waals surface area contributed by atoms with Gasteiger partial charge in [0.25, 0.3) is 5.91 Å². The molecule has 1 amide bonds. The van der Waals surface area contributed by atoms with Crippen LogP contribution in [0.4, 0.5) is 5.69 Å². The minimum absolute atomic E-state index is 0.0817. The van der Waals surface area contributed by atoms with Gasteiger partial charge in [-0.15, -0.1) is 0 Å². The maximum Gasteiger partial charge on any atom is 0.269 e. The molecule has 1 aromatic rings. The molecular weight excluding hydrogens is 202 g/mol. The number of hydrogen-bond acceptors (Lipinski definition) is 3. The lowest BCUT2D eigenvalue weighted by atomic mass is 10.3. The van der Waals surface area contributed by atoms with Crippen LogP contribution >= 0.6 is 0 Å². The number of amides is 1. The molecule has 2 atom stereocenters. The van der Waals surface area contributed by atoms with E-state index in [0.717, 1.165) is 18.2 Å². The molecule has 1 aliphatic rings. The number of anilines is 1. The molecule has 4 heteroatoms. The summed E-state index contributed by atoms with van der Waals surface area (Å²) >= 11 is 0. The molecule has 0 bridgehead atoms. The van der Waals surface area contributed by atoms with E-state index < -0.39 is 0 Å². The Balaban J connectivity index is 1.87. The van der Waals surface area contributed by atoms with Gasteiger partial charge in [-0.2, -0.15) is 0 Å². The molecule has 2 rings (SSSR count). The van der Waals surface area contributed by atoms with E-state index in [1.165, 1.54) is 6.42 Å². The Morgan fingerprint density at radius 1 is 1.56 bits per heavy atom. The monoisotopic (exact) mass is 219 g/mol. The van der Waals surface area contributed by atoms with E-state index in [0.29, 0.717) is 11.6 Å². The van der Waals surface area contributed by atoms with Gasteiger partial charge in [0.2, 0.25) is 0 Å².